The SMILES string of the molecule is O[C@H]1CCNC[C@]12CCCNC2. The van der Waals surface area contributed by atoms with Gasteiger partial charge in [-0.2, -0.15) is 0 Å². The first kappa shape index (κ1) is 8.48. The number of rotatable bonds is 0. The van der Waals surface area contributed by atoms with E-state index in [0.717, 1.165) is 32.6 Å². The van der Waals surface area contributed by atoms with E-state index in [9.17, 15) is 5.11 Å². The molecule has 3 N–H and O–H groups in total. The van der Waals surface area contributed by atoms with Crippen molar-refractivity contribution in [3.05, 3.63) is 0 Å². The van der Waals surface area contributed by atoms with Gasteiger partial charge in [0, 0.05) is 18.5 Å². The second-order valence-electron chi connectivity index (χ2n) is 4.12. The van der Waals surface area contributed by atoms with Gasteiger partial charge >= 0.3 is 0 Å². The molecule has 12 heavy (non-hydrogen) atoms. The second-order valence-corrected chi connectivity index (χ2v) is 4.12. The van der Waals surface area contributed by atoms with Gasteiger partial charge in [0.15, 0.2) is 0 Å². The molecule has 0 aromatic heterocycles. The van der Waals surface area contributed by atoms with Crippen LogP contribution in [0.3, 0.4) is 0 Å². The summed E-state index contributed by atoms with van der Waals surface area (Å²) >= 11 is 0. The molecule has 2 saturated heterocycles. The van der Waals surface area contributed by atoms with Crippen LogP contribution in [0.2, 0.25) is 0 Å². The fourth-order valence-electron chi connectivity index (χ4n) is 2.43. The molecule has 0 unspecified atom stereocenters. The third-order valence-corrected chi connectivity index (χ3v) is 3.28. The smallest absolute Gasteiger partial charge is 0.0632 e. The number of nitrogens with one attached hydrogen (secondary N) is 2. The van der Waals surface area contributed by atoms with Gasteiger partial charge in [-0.1, -0.05) is 0 Å². The van der Waals surface area contributed by atoms with Gasteiger partial charge in [0.2, 0.25) is 0 Å². The van der Waals surface area contributed by atoms with Crippen LogP contribution in [0.25, 0.3) is 0 Å². The molecular weight excluding hydrogens is 152 g/mol. The number of aliphatic hydroxyl groups is 1. The Morgan fingerprint density at radius 2 is 1.92 bits per heavy atom. The molecule has 3 nitrogen and oxygen atoms in total. The Hall–Kier alpha value is -0.120. The molecule has 2 rings (SSSR count). The maximum Gasteiger partial charge on any atom is 0.0632 e. The van der Waals surface area contributed by atoms with Crippen molar-refractivity contribution in [1.29, 1.82) is 0 Å². The minimum Gasteiger partial charge on any atom is -0.392 e. The molecular formula is C9H18N2O. The molecule has 2 aliphatic rings. The fraction of sp³-hybridized carbons (Fsp3) is 1.00. The highest BCUT2D eigenvalue weighted by atomic mass is 16.3. The Morgan fingerprint density at radius 1 is 1.17 bits per heavy atom. The van der Waals surface area contributed by atoms with Gasteiger partial charge in [-0.05, 0) is 32.4 Å². The molecule has 0 amide bonds. The Labute approximate surface area is 73.5 Å². The topological polar surface area (TPSA) is 44.3 Å². The van der Waals surface area contributed by atoms with Crippen LogP contribution < -0.4 is 10.6 Å². The lowest BCUT2D eigenvalue weighted by molar-refractivity contribution is -0.0163. The van der Waals surface area contributed by atoms with Crippen molar-refractivity contribution in [3.63, 3.8) is 0 Å². The average molecular weight is 170 g/mol. The largest absolute Gasteiger partial charge is 0.392 e. The van der Waals surface area contributed by atoms with E-state index in [1.54, 1.807) is 0 Å². The van der Waals surface area contributed by atoms with Gasteiger partial charge in [-0.25, -0.2) is 0 Å². The lowest BCUT2D eigenvalue weighted by Gasteiger charge is -2.44. The molecule has 0 radical (unpaired) electrons. The van der Waals surface area contributed by atoms with E-state index in [1.165, 1.54) is 12.8 Å². The lowest BCUT2D eigenvalue weighted by Crippen LogP contribution is -2.57. The van der Waals surface area contributed by atoms with E-state index in [0.29, 0.717) is 0 Å². The number of aliphatic hydroxyl groups excluding tert-OH is 1. The highest BCUT2D eigenvalue weighted by Gasteiger charge is 2.40. The zero-order valence-electron chi connectivity index (χ0n) is 7.47. The van der Waals surface area contributed by atoms with Crippen molar-refractivity contribution < 1.29 is 5.11 Å². The van der Waals surface area contributed by atoms with Crippen molar-refractivity contribution in [2.45, 2.75) is 25.4 Å². The molecule has 2 aliphatic heterocycles. The number of hydrogen-bond acceptors (Lipinski definition) is 3. The van der Waals surface area contributed by atoms with E-state index in [1.807, 2.05) is 0 Å². The standard InChI is InChI=1S/C9H18N2O/c12-8-2-5-11-7-9(8)3-1-4-10-6-9/h8,10-12H,1-7H2/t8-,9+/m0/s1. The van der Waals surface area contributed by atoms with Crippen LogP contribution in [-0.4, -0.2) is 37.4 Å². The maximum absolute atomic E-state index is 9.90. The molecule has 2 fully saturated rings. The zero-order chi connectivity index (χ0) is 8.44. The van der Waals surface area contributed by atoms with Crippen molar-refractivity contribution in [1.82, 2.24) is 10.6 Å². The second kappa shape index (κ2) is 3.32. The van der Waals surface area contributed by atoms with Crippen LogP contribution in [0.4, 0.5) is 0 Å². The molecule has 70 valence electrons. The van der Waals surface area contributed by atoms with Gasteiger partial charge in [-0.3, -0.25) is 0 Å². The quantitative estimate of drug-likeness (QED) is 0.468. The highest BCUT2D eigenvalue weighted by molar-refractivity contribution is 4.95. The molecule has 2 atom stereocenters. The van der Waals surface area contributed by atoms with Gasteiger partial charge in [0.25, 0.3) is 0 Å². The molecule has 3 heteroatoms. The number of hydrogen-bond donors (Lipinski definition) is 3. The minimum absolute atomic E-state index is 0.0912. The first-order valence-electron chi connectivity index (χ1n) is 4.93. The normalized spacial score (nSPS) is 43.2. The Morgan fingerprint density at radius 3 is 2.58 bits per heavy atom. The van der Waals surface area contributed by atoms with Crippen LogP contribution in [0, 0.1) is 5.41 Å². The van der Waals surface area contributed by atoms with Crippen LogP contribution >= 0.6 is 0 Å². The summed E-state index contributed by atoms with van der Waals surface area (Å²) in [7, 11) is 0. The molecule has 0 bridgehead atoms. The third kappa shape index (κ3) is 1.37. The average Bonchev–Trinajstić information content (AvgIpc) is 2.12. The summed E-state index contributed by atoms with van der Waals surface area (Å²) in [5.74, 6) is 0. The van der Waals surface area contributed by atoms with E-state index < -0.39 is 0 Å². The monoisotopic (exact) mass is 170 g/mol. The Balaban J connectivity index is 2.04. The van der Waals surface area contributed by atoms with E-state index in [-0.39, 0.29) is 11.5 Å². The molecule has 0 aliphatic carbocycles. The molecule has 0 saturated carbocycles. The van der Waals surface area contributed by atoms with Crippen molar-refractivity contribution in [3.8, 4) is 0 Å². The van der Waals surface area contributed by atoms with Crippen molar-refractivity contribution in [2.24, 2.45) is 5.41 Å². The summed E-state index contributed by atoms with van der Waals surface area (Å²) in [6, 6.07) is 0. The third-order valence-electron chi connectivity index (χ3n) is 3.28. The summed E-state index contributed by atoms with van der Waals surface area (Å²) in [4.78, 5) is 0. The first-order chi connectivity index (χ1) is 5.83. The van der Waals surface area contributed by atoms with E-state index in [2.05, 4.69) is 10.6 Å². The predicted octanol–water partition coefficient (Wildman–Crippen LogP) is -0.290. The lowest BCUT2D eigenvalue weighted by atomic mass is 9.73. The predicted molar refractivity (Wildman–Crippen MR) is 48.0 cm³/mol. The van der Waals surface area contributed by atoms with Gasteiger partial charge in [0.05, 0.1) is 6.10 Å². The van der Waals surface area contributed by atoms with Crippen LogP contribution in [0.1, 0.15) is 19.3 Å². The van der Waals surface area contributed by atoms with Crippen LogP contribution in [0.5, 0.6) is 0 Å². The van der Waals surface area contributed by atoms with Crippen molar-refractivity contribution >= 4 is 0 Å². The van der Waals surface area contributed by atoms with Gasteiger partial charge in [0.1, 0.15) is 0 Å². The van der Waals surface area contributed by atoms with Crippen LogP contribution in [0.15, 0.2) is 0 Å². The summed E-state index contributed by atoms with van der Waals surface area (Å²) < 4.78 is 0. The summed E-state index contributed by atoms with van der Waals surface area (Å²) in [6.45, 7) is 4.07. The number of piperidine rings is 2. The van der Waals surface area contributed by atoms with Gasteiger partial charge < -0.3 is 15.7 Å². The minimum atomic E-state index is -0.0912. The molecule has 0 aromatic rings. The molecule has 0 aromatic carbocycles. The molecule has 1 spiro atoms. The van der Waals surface area contributed by atoms with E-state index in [4.69, 9.17) is 0 Å². The first-order valence-corrected chi connectivity index (χ1v) is 4.93. The maximum atomic E-state index is 9.90. The summed E-state index contributed by atoms with van der Waals surface area (Å²) in [5, 5.41) is 16.7. The highest BCUT2D eigenvalue weighted by Crippen LogP contribution is 2.33. The Kier molecular flexibility index (Phi) is 2.35. The van der Waals surface area contributed by atoms with Gasteiger partial charge in [-0.15, -0.1) is 0 Å². The Bertz CT molecular complexity index is 146. The molecule has 2 heterocycles. The fourth-order valence-corrected chi connectivity index (χ4v) is 2.43. The van der Waals surface area contributed by atoms with E-state index >= 15 is 0 Å². The van der Waals surface area contributed by atoms with Crippen molar-refractivity contribution in [2.75, 3.05) is 26.2 Å². The van der Waals surface area contributed by atoms with Crippen LogP contribution in [-0.2, 0) is 0 Å². The summed E-state index contributed by atoms with van der Waals surface area (Å²) in [6.07, 6.45) is 3.21. The zero-order valence-corrected chi connectivity index (χ0v) is 7.47. The summed E-state index contributed by atoms with van der Waals surface area (Å²) in [5.41, 5.74) is 0.149.